The van der Waals surface area contributed by atoms with Gasteiger partial charge in [-0.1, -0.05) is 0 Å². The summed E-state index contributed by atoms with van der Waals surface area (Å²) in [5.41, 5.74) is -0.358. The van der Waals surface area contributed by atoms with Crippen molar-refractivity contribution < 1.29 is 27.5 Å². The third kappa shape index (κ3) is 4.80. The summed E-state index contributed by atoms with van der Waals surface area (Å²) in [7, 11) is -0.947. The molecular formula is C13H20N4O6S. The van der Waals surface area contributed by atoms with E-state index >= 15 is 0 Å². The van der Waals surface area contributed by atoms with Crippen molar-refractivity contribution in [1.82, 2.24) is 13.3 Å². The Kier molecular flexibility index (Phi) is 6.92. The molecule has 134 valence electrons. The minimum absolute atomic E-state index is 0.0886. The molecule has 1 rings (SSSR count). The van der Waals surface area contributed by atoms with Crippen molar-refractivity contribution in [1.29, 1.82) is 0 Å². The normalized spacial score (nSPS) is 11.0. The van der Waals surface area contributed by atoms with E-state index in [1.807, 2.05) is 0 Å². The van der Waals surface area contributed by atoms with Gasteiger partial charge in [0.15, 0.2) is 5.57 Å². The number of rotatable bonds is 8. The van der Waals surface area contributed by atoms with Gasteiger partial charge in [-0.25, -0.2) is 18.5 Å². The predicted molar refractivity (Wildman–Crippen MR) is 85.2 cm³/mol. The molecule has 0 spiro atoms. The zero-order chi connectivity index (χ0) is 18.3. The van der Waals surface area contributed by atoms with E-state index in [1.54, 1.807) is 13.8 Å². The summed E-state index contributed by atoms with van der Waals surface area (Å²) in [6.45, 7) is 3.38. The van der Waals surface area contributed by atoms with Crippen molar-refractivity contribution >= 4 is 28.0 Å². The van der Waals surface area contributed by atoms with Crippen LogP contribution in [-0.4, -0.2) is 60.9 Å². The van der Waals surface area contributed by atoms with Gasteiger partial charge in [-0.05, 0) is 13.8 Å². The fourth-order valence-corrected chi connectivity index (χ4v) is 2.24. The second-order valence-electron chi connectivity index (χ2n) is 4.52. The molecule has 0 bridgehead atoms. The number of carbonyl (C=O) groups excluding carboxylic acids is 2. The molecule has 0 atom stereocenters. The quantitative estimate of drug-likeness (QED) is 0.297. The van der Waals surface area contributed by atoms with Crippen LogP contribution in [-0.2, 0) is 29.3 Å². The maximum atomic E-state index is 11.9. The number of imidazole rings is 1. The Bertz CT molecular complexity index is 703. The highest BCUT2D eigenvalue weighted by Gasteiger charge is 2.21. The largest absolute Gasteiger partial charge is 0.462 e. The van der Waals surface area contributed by atoms with E-state index in [9.17, 15) is 18.0 Å². The number of esters is 2. The summed E-state index contributed by atoms with van der Waals surface area (Å²) >= 11 is 0. The van der Waals surface area contributed by atoms with Crippen LogP contribution in [0, 0.1) is 0 Å². The van der Waals surface area contributed by atoms with Crippen molar-refractivity contribution in [3.05, 3.63) is 24.3 Å². The van der Waals surface area contributed by atoms with Gasteiger partial charge in [-0.2, -0.15) is 12.7 Å². The number of hydrogen-bond acceptors (Lipinski definition) is 8. The Balaban J connectivity index is 3.00. The molecule has 1 aromatic rings. The lowest BCUT2D eigenvalue weighted by Crippen LogP contribution is -2.27. The Morgan fingerprint density at radius 2 is 1.79 bits per heavy atom. The van der Waals surface area contributed by atoms with Crippen LogP contribution >= 0.6 is 0 Å². The average Bonchev–Trinajstić information content (AvgIpc) is 2.97. The number of ether oxygens (including phenoxy) is 2. The summed E-state index contributed by atoms with van der Waals surface area (Å²) in [6.07, 6.45) is 3.34. The highest BCUT2D eigenvalue weighted by molar-refractivity contribution is 7.87. The van der Waals surface area contributed by atoms with E-state index in [-0.39, 0.29) is 24.6 Å². The van der Waals surface area contributed by atoms with E-state index in [1.165, 1.54) is 20.3 Å². The zero-order valence-corrected chi connectivity index (χ0v) is 14.7. The van der Waals surface area contributed by atoms with Gasteiger partial charge in [-0.15, -0.1) is 0 Å². The summed E-state index contributed by atoms with van der Waals surface area (Å²) in [6, 6.07) is 0. The van der Waals surface area contributed by atoms with E-state index < -0.39 is 22.1 Å². The molecule has 0 saturated heterocycles. The van der Waals surface area contributed by atoms with Gasteiger partial charge in [0.1, 0.15) is 12.1 Å². The third-order valence-electron chi connectivity index (χ3n) is 2.64. The van der Waals surface area contributed by atoms with E-state index in [0.29, 0.717) is 0 Å². The van der Waals surface area contributed by atoms with Gasteiger partial charge in [0.25, 0.3) is 0 Å². The Labute approximate surface area is 140 Å². The molecule has 0 fully saturated rings. The monoisotopic (exact) mass is 360 g/mol. The molecule has 11 heteroatoms. The molecule has 0 unspecified atom stereocenters. The summed E-state index contributed by atoms with van der Waals surface area (Å²) in [5, 5.41) is 2.58. The van der Waals surface area contributed by atoms with Gasteiger partial charge in [-0.3, -0.25) is 0 Å². The van der Waals surface area contributed by atoms with E-state index in [4.69, 9.17) is 9.47 Å². The van der Waals surface area contributed by atoms with Crippen molar-refractivity contribution in [2.75, 3.05) is 32.6 Å². The minimum Gasteiger partial charge on any atom is -0.462 e. The smallest absolute Gasteiger partial charge is 0.347 e. The third-order valence-corrected chi connectivity index (χ3v) is 4.30. The maximum absolute atomic E-state index is 11.9. The fourth-order valence-electron chi connectivity index (χ4n) is 1.46. The molecular weight excluding hydrogens is 340 g/mol. The Morgan fingerprint density at radius 1 is 1.25 bits per heavy atom. The molecule has 1 heterocycles. The lowest BCUT2D eigenvalue weighted by atomic mass is 10.3. The first-order valence-electron chi connectivity index (χ1n) is 7.02. The molecule has 1 N–H and O–H groups in total. The first-order chi connectivity index (χ1) is 11.2. The molecule has 10 nitrogen and oxygen atoms in total. The SMILES string of the molecule is CCOC(=O)C(=CNc1cn(S(=O)(=O)N(C)C)cn1)C(=O)OCC. The van der Waals surface area contributed by atoms with Crippen LogP contribution < -0.4 is 5.32 Å². The number of aromatic nitrogens is 2. The highest BCUT2D eigenvalue weighted by Crippen LogP contribution is 2.09. The van der Waals surface area contributed by atoms with Crippen LogP contribution in [0.2, 0.25) is 0 Å². The van der Waals surface area contributed by atoms with Crippen molar-refractivity contribution in [3.8, 4) is 0 Å². The van der Waals surface area contributed by atoms with Gasteiger partial charge >= 0.3 is 22.1 Å². The summed E-state index contributed by atoms with van der Waals surface area (Å²) in [5.74, 6) is -1.60. The number of carbonyl (C=O) groups is 2. The van der Waals surface area contributed by atoms with Crippen molar-refractivity contribution in [2.24, 2.45) is 0 Å². The van der Waals surface area contributed by atoms with Gasteiger partial charge in [0.2, 0.25) is 0 Å². The van der Waals surface area contributed by atoms with Crippen LogP contribution in [0.1, 0.15) is 13.8 Å². The maximum Gasteiger partial charge on any atom is 0.347 e. The second kappa shape index (κ2) is 8.45. The van der Waals surface area contributed by atoms with Gasteiger partial charge < -0.3 is 14.8 Å². The van der Waals surface area contributed by atoms with Crippen LogP contribution in [0.3, 0.4) is 0 Å². The Hall–Kier alpha value is -2.40. The fraction of sp³-hybridized carbons (Fsp3) is 0.462. The predicted octanol–water partition coefficient (Wildman–Crippen LogP) is -0.0404. The first-order valence-corrected chi connectivity index (χ1v) is 8.41. The lowest BCUT2D eigenvalue weighted by Gasteiger charge is -2.10. The number of hydrogen-bond donors (Lipinski definition) is 1. The molecule has 0 aliphatic rings. The van der Waals surface area contributed by atoms with Crippen LogP contribution in [0.15, 0.2) is 24.3 Å². The molecule has 0 aromatic carbocycles. The molecule has 24 heavy (non-hydrogen) atoms. The number of nitrogens with one attached hydrogen (secondary N) is 1. The number of anilines is 1. The molecule has 0 amide bonds. The van der Waals surface area contributed by atoms with Crippen molar-refractivity contribution in [2.45, 2.75) is 13.8 Å². The van der Waals surface area contributed by atoms with Crippen LogP contribution in [0.4, 0.5) is 5.82 Å². The van der Waals surface area contributed by atoms with Crippen LogP contribution in [0.5, 0.6) is 0 Å². The van der Waals surface area contributed by atoms with Gasteiger partial charge in [0, 0.05) is 20.3 Å². The summed E-state index contributed by atoms with van der Waals surface area (Å²) < 4.78 is 35.3. The van der Waals surface area contributed by atoms with E-state index in [0.717, 1.165) is 20.8 Å². The molecule has 0 saturated carbocycles. The average molecular weight is 360 g/mol. The first kappa shape index (κ1) is 19.6. The Morgan fingerprint density at radius 3 is 2.25 bits per heavy atom. The lowest BCUT2D eigenvalue weighted by molar-refractivity contribution is -0.146. The highest BCUT2D eigenvalue weighted by atomic mass is 32.2. The van der Waals surface area contributed by atoms with Crippen LogP contribution in [0.25, 0.3) is 0 Å². The topological polar surface area (TPSA) is 120 Å². The van der Waals surface area contributed by atoms with Gasteiger partial charge in [0.05, 0.1) is 19.4 Å². The zero-order valence-electron chi connectivity index (χ0n) is 13.8. The van der Waals surface area contributed by atoms with E-state index in [2.05, 4.69) is 10.3 Å². The molecule has 0 radical (unpaired) electrons. The molecule has 1 aromatic heterocycles. The second-order valence-corrected chi connectivity index (χ2v) is 6.57. The minimum atomic E-state index is -3.70. The number of nitrogens with zero attached hydrogens (tertiary/aromatic N) is 3. The summed E-state index contributed by atoms with van der Waals surface area (Å²) in [4.78, 5) is 27.4. The molecule has 0 aliphatic carbocycles. The van der Waals surface area contributed by atoms with Crippen molar-refractivity contribution in [3.63, 3.8) is 0 Å². The molecule has 0 aliphatic heterocycles. The standard InChI is InChI=1S/C13H20N4O6S/c1-5-22-12(18)10(13(19)23-6-2)7-14-11-8-17(9-15-11)24(20,21)16(3)4/h7-9,14H,5-6H2,1-4H3.